The van der Waals surface area contributed by atoms with Crippen LogP contribution in [0.3, 0.4) is 0 Å². The first kappa shape index (κ1) is 22.7. The number of nitrogens with zero attached hydrogens (tertiary/aromatic N) is 1. The van der Waals surface area contributed by atoms with Crippen molar-refractivity contribution in [1.82, 2.24) is 10.6 Å². The summed E-state index contributed by atoms with van der Waals surface area (Å²) in [6.45, 7) is 13.9. The van der Waals surface area contributed by atoms with Crippen molar-refractivity contribution in [2.75, 3.05) is 19.7 Å². The van der Waals surface area contributed by atoms with E-state index in [9.17, 15) is 0 Å². The Morgan fingerprint density at radius 2 is 2.00 bits per heavy atom. The van der Waals surface area contributed by atoms with Gasteiger partial charge in [0.25, 0.3) is 0 Å². The van der Waals surface area contributed by atoms with E-state index in [1.807, 2.05) is 0 Å². The van der Waals surface area contributed by atoms with Gasteiger partial charge >= 0.3 is 0 Å². The molecule has 1 aromatic heterocycles. The molecular weight excluding hydrogens is 421 g/mol. The summed E-state index contributed by atoms with van der Waals surface area (Å²) in [5.41, 5.74) is 0. The van der Waals surface area contributed by atoms with Gasteiger partial charge in [-0.15, -0.1) is 35.3 Å². The van der Waals surface area contributed by atoms with Gasteiger partial charge in [0.1, 0.15) is 0 Å². The second-order valence-electron chi connectivity index (χ2n) is 5.66. The van der Waals surface area contributed by atoms with Gasteiger partial charge in [0.15, 0.2) is 5.96 Å². The smallest absolute Gasteiger partial charge is 0.191 e. The van der Waals surface area contributed by atoms with E-state index < -0.39 is 0 Å². The van der Waals surface area contributed by atoms with Crippen molar-refractivity contribution in [3.63, 3.8) is 0 Å². The van der Waals surface area contributed by atoms with E-state index in [1.54, 1.807) is 11.3 Å². The first-order chi connectivity index (χ1) is 10.6. The molecule has 0 amide bonds. The highest BCUT2D eigenvalue weighted by molar-refractivity contribution is 14.0. The van der Waals surface area contributed by atoms with Crippen molar-refractivity contribution in [3.8, 4) is 0 Å². The molecule has 0 aromatic carbocycles. The highest BCUT2D eigenvalue weighted by Gasteiger charge is 2.12. The summed E-state index contributed by atoms with van der Waals surface area (Å²) < 4.78 is 5.78. The van der Waals surface area contributed by atoms with Crippen molar-refractivity contribution in [2.45, 2.75) is 53.7 Å². The number of ether oxygens (including phenoxy) is 1. The number of rotatable bonds is 9. The zero-order chi connectivity index (χ0) is 16.4. The van der Waals surface area contributed by atoms with Crippen LogP contribution in [-0.2, 0) is 11.3 Å². The molecule has 134 valence electrons. The Balaban J connectivity index is 0.00000484. The maximum atomic E-state index is 5.78. The number of nitrogens with one attached hydrogen (secondary N) is 2. The molecule has 0 spiro atoms. The zero-order valence-corrected chi connectivity index (χ0v) is 18.2. The molecule has 1 heterocycles. The molecule has 1 unspecified atom stereocenters. The minimum atomic E-state index is 0. The van der Waals surface area contributed by atoms with Crippen LogP contribution in [0.4, 0.5) is 0 Å². The Hall–Kier alpha value is -0.340. The van der Waals surface area contributed by atoms with Gasteiger partial charge in [-0.3, -0.25) is 0 Å². The van der Waals surface area contributed by atoms with Gasteiger partial charge in [0, 0.05) is 29.5 Å². The third-order valence-electron chi connectivity index (χ3n) is 3.38. The summed E-state index contributed by atoms with van der Waals surface area (Å²) in [6.07, 6.45) is 1.30. The van der Waals surface area contributed by atoms with Crippen LogP contribution in [0.2, 0.25) is 0 Å². The number of guanidine groups is 1. The highest BCUT2D eigenvalue weighted by atomic mass is 127. The van der Waals surface area contributed by atoms with Gasteiger partial charge in [-0.1, -0.05) is 13.8 Å². The second kappa shape index (κ2) is 13.0. The molecule has 0 saturated heterocycles. The Bertz CT molecular complexity index is 449. The van der Waals surface area contributed by atoms with E-state index >= 15 is 0 Å². The molecule has 0 saturated carbocycles. The molecule has 0 aliphatic heterocycles. The van der Waals surface area contributed by atoms with Crippen molar-refractivity contribution in [3.05, 3.63) is 21.9 Å². The van der Waals surface area contributed by atoms with Crippen LogP contribution in [0.5, 0.6) is 0 Å². The summed E-state index contributed by atoms with van der Waals surface area (Å²) in [6, 6.07) is 4.29. The predicted octanol–water partition coefficient (Wildman–Crippen LogP) is 4.18. The molecule has 0 aliphatic rings. The standard InChI is InChI=1S/C17H31N3OS.HI/c1-6-18-17(20-12-15-9-8-14(5)22-15)19-11-10-16(13(3)4)21-7-2;/h8-9,13,16H,6-7,10-12H2,1-5H3,(H2,18,19,20);1H. The first-order valence-electron chi connectivity index (χ1n) is 8.25. The lowest BCUT2D eigenvalue weighted by molar-refractivity contribution is 0.0258. The summed E-state index contributed by atoms with van der Waals surface area (Å²) in [5.74, 6) is 1.42. The highest BCUT2D eigenvalue weighted by Crippen LogP contribution is 2.15. The normalized spacial score (nSPS) is 12.9. The average Bonchev–Trinajstić information content (AvgIpc) is 2.89. The molecule has 0 radical (unpaired) electrons. The SMILES string of the molecule is CCNC(=NCc1ccc(C)s1)NCCC(OCC)C(C)C.I. The van der Waals surface area contributed by atoms with Crippen LogP contribution in [0.25, 0.3) is 0 Å². The van der Waals surface area contributed by atoms with E-state index in [1.165, 1.54) is 9.75 Å². The quantitative estimate of drug-likeness (QED) is 0.335. The fourth-order valence-electron chi connectivity index (χ4n) is 2.22. The molecule has 6 heteroatoms. The fourth-order valence-corrected chi connectivity index (χ4v) is 3.04. The molecule has 4 nitrogen and oxygen atoms in total. The van der Waals surface area contributed by atoms with Crippen LogP contribution in [0.1, 0.15) is 43.9 Å². The second-order valence-corrected chi connectivity index (χ2v) is 7.03. The van der Waals surface area contributed by atoms with Gasteiger partial charge < -0.3 is 15.4 Å². The Morgan fingerprint density at radius 3 is 2.52 bits per heavy atom. The largest absolute Gasteiger partial charge is 0.378 e. The monoisotopic (exact) mass is 453 g/mol. The van der Waals surface area contributed by atoms with Gasteiger partial charge in [0.05, 0.1) is 12.6 Å². The lowest BCUT2D eigenvalue weighted by Crippen LogP contribution is -2.39. The number of aryl methyl sites for hydroxylation is 1. The van der Waals surface area contributed by atoms with Crippen LogP contribution in [0, 0.1) is 12.8 Å². The molecule has 1 aromatic rings. The molecule has 2 N–H and O–H groups in total. The third-order valence-corrected chi connectivity index (χ3v) is 4.36. The summed E-state index contributed by atoms with van der Waals surface area (Å²) in [7, 11) is 0. The fraction of sp³-hybridized carbons (Fsp3) is 0.706. The van der Waals surface area contributed by atoms with E-state index in [2.05, 4.69) is 62.4 Å². The summed E-state index contributed by atoms with van der Waals surface area (Å²) in [5, 5.41) is 6.70. The zero-order valence-electron chi connectivity index (χ0n) is 15.0. The Labute approximate surface area is 162 Å². The van der Waals surface area contributed by atoms with E-state index in [4.69, 9.17) is 4.74 Å². The van der Waals surface area contributed by atoms with Gasteiger partial charge in [-0.05, 0) is 45.2 Å². The number of hydrogen-bond acceptors (Lipinski definition) is 3. The van der Waals surface area contributed by atoms with Gasteiger partial charge in [-0.25, -0.2) is 4.99 Å². The van der Waals surface area contributed by atoms with E-state index in [-0.39, 0.29) is 24.0 Å². The van der Waals surface area contributed by atoms with Crippen LogP contribution in [0.15, 0.2) is 17.1 Å². The van der Waals surface area contributed by atoms with Crippen molar-refractivity contribution in [2.24, 2.45) is 10.9 Å². The van der Waals surface area contributed by atoms with E-state index in [0.29, 0.717) is 12.0 Å². The maximum absolute atomic E-state index is 5.78. The first-order valence-corrected chi connectivity index (χ1v) is 9.07. The lowest BCUT2D eigenvalue weighted by atomic mass is 10.0. The Morgan fingerprint density at radius 1 is 1.26 bits per heavy atom. The minimum Gasteiger partial charge on any atom is -0.378 e. The lowest BCUT2D eigenvalue weighted by Gasteiger charge is -2.21. The molecule has 1 rings (SSSR count). The van der Waals surface area contributed by atoms with Crippen LogP contribution in [-0.4, -0.2) is 31.8 Å². The summed E-state index contributed by atoms with van der Waals surface area (Å²) >= 11 is 1.80. The molecule has 23 heavy (non-hydrogen) atoms. The third kappa shape index (κ3) is 9.52. The molecule has 0 aliphatic carbocycles. The van der Waals surface area contributed by atoms with Crippen molar-refractivity contribution >= 4 is 41.3 Å². The molecular formula is C17H32IN3OS. The van der Waals surface area contributed by atoms with Crippen LogP contribution < -0.4 is 10.6 Å². The minimum absolute atomic E-state index is 0. The van der Waals surface area contributed by atoms with Gasteiger partial charge in [0.2, 0.25) is 0 Å². The topological polar surface area (TPSA) is 45.7 Å². The average molecular weight is 453 g/mol. The van der Waals surface area contributed by atoms with Gasteiger partial charge in [-0.2, -0.15) is 0 Å². The molecule has 1 atom stereocenters. The van der Waals surface area contributed by atoms with E-state index in [0.717, 1.165) is 38.6 Å². The number of thiophene rings is 1. The predicted molar refractivity (Wildman–Crippen MR) is 112 cm³/mol. The van der Waals surface area contributed by atoms with Crippen molar-refractivity contribution in [1.29, 1.82) is 0 Å². The Kier molecular flexibility index (Phi) is 12.8. The number of hydrogen-bond donors (Lipinski definition) is 2. The summed E-state index contributed by atoms with van der Waals surface area (Å²) in [4.78, 5) is 7.28. The number of halogens is 1. The van der Waals surface area contributed by atoms with Crippen molar-refractivity contribution < 1.29 is 4.74 Å². The number of aliphatic imine (C=N–C) groups is 1. The molecule has 0 fully saturated rings. The van der Waals surface area contributed by atoms with Crippen LogP contribution >= 0.6 is 35.3 Å². The maximum Gasteiger partial charge on any atom is 0.191 e. The molecule has 0 bridgehead atoms.